The first-order chi connectivity index (χ1) is 66.8. The molecule has 0 saturated heterocycles. The highest BCUT2D eigenvalue weighted by atomic mass is 35.5. The van der Waals surface area contributed by atoms with Gasteiger partial charge in [-0.25, -0.2) is 46.7 Å². The van der Waals surface area contributed by atoms with Crippen molar-refractivity contribution in [3.63, 3.8) is 0 Å². The molecule has 0 saturated carbocycles. The van der Waals surface area contributed by atoms with Crippen LogP contribution in [0, 0.1) is 76.9 Å². The maximum atomic E-state index is 15.3. The molecule has 4 atom stereocenters. The molecule has 32 heteroatoms. The number of methoxy groups -OCH3 is 1. The maximum Gasteiger partial charge on any atom is 0.344 e. The fraction of sp³-hybridized carbons (Fsp3) is 0.0660. The van der Waals surface area contributed by atoms with E-state index in [1.165, 1.54) is 49.8 Å². The Bertz CT molecular complexity index is 8650. The number of fused-ring (bicyclic) bond motifs is 12. The molecule has 21 rings (SSSR count). The van der Waals surface area contributed by atoms with Crippen molar-refractivity contribution in [2.75, 3.05) is 7.11 Å². The summed E-state index contributed by atoms with van der Waals surface area (Å²) in [6.45, 7) is 3.23. The van der Waals surface area contributed by atoms with Crippen molar-refractivity contribution in [1.29, 1.82) is 21.0 Å². The first kappa shape index (κ1) is 90.0. The van der Waals surface area contributed by atoms with Gasteiger partial charge in [-0.05, 0) is 162 Å². The van der Waals surface area contributed by atoms with Crippen LogP contribution < -0.4 is 68.1 Å². The van der Waals surface area contributed by atoms with Crippen LogP contribution in [-0.2, 0) is 10.0 Å². The number of nitriles is 4. The highest BCUT2D eigenvalue weighted by molar-refractivity contribution is 7.89. The van der Waals surface area contributed by atoms with Crippen molar-refractivity contribution in [2.45, 2.75) is 42.4 Å². The third-order valence-electron chi connectivity index (χ3n) is 23.4. The van der Waals surface area contributed by atoms with E-state index in [2.05, 4.69) is 26.8 Å². The molecule has 17 aromatic rings. The van der Waals surface area contributed by atoms with E-state index >= 15 is 4.39 Å². The molecule has 0 radical (unpaired) electrons. The van der Waals surface area contributed by atoms with E-state index in [-0.39, 0.29) is 113 Å². The van der Waals surface area contributed by atoms with Gasteiger partial charge in [0.15, 0.2) is 35.0 Å². The minimum atomic E-state index is -4.15. The van der Waals surface area contributed by atoms with Crippen molar-refractivity contribution < 1.29 is 72.2 Å². The number of halogens is 4. The van der Waals surface area contributed by atoms with Crippen LogP contribution >= 0.6 is 11.6 Å². The zero-order valence-corrected chi connectivity index (χ0v) is 73.7. The summed E-state index contributed by atoms with van der Waals surface area (Å²) < 4.78 is 128. The Kier molecular flexibility index (Phi) is 24.3. The van der Waals surface area contributed by atoms with Gasteiger partial charge in [0.05, 0.1) is 79.5 Å². The normalized spacial score (nSPS) is 15.0. The summed E-state index contributed by atoms with van der Waals surface area (Å²) in [6.07, 6.45) is 3.36. The van der Waals surface area contributed by atoms with E-state index in [0.29, 0.717) is 106 Å². The number of ether oxygens (including phenoxy) is 5. The van der Waals surface area contributed by atoms with E-state index in [1.807, 2.05) is 66.7 Å². The molecular formula is C106H66ClF3N10O17S. The summed E-state index contributed by atoms with van der Waals surface area (Å²) in [4.78, 5) is 70.6. The lowest BCUT2D eigenvalue weighted by Gasteiger charge is -2.28. The minimum absolute atomic E-state index is 0.0117. The Morgan fingerprint density at radius 3 is 1.24 bits per heavy atom. The molecule has 0 bridgehead atoms. The van der Waals surface area contributed by atoms with Gasteiger partial charge < -0.3 is 63.0 Å². The molecular weight excluding hydrogens is 1810 g/mol. The van der Waals surface area contributed by atoms with Crippen molar-refractivity contribution in [3.05, 3.63) is 445 Å². The number of aromatic nitrogens is 2. The van der Waals surface area contributed by atoms with Crippen LogP contribution in [0.1, 0.15) is 89.9 Å². The molecule has 4 aliphatic rings. The Morgan fingerprint density at radius 2 is 0.804 bits per heavy atom. The van der Waals surface area contributed by atoms with E-state index < -0.39 is 73.9 Å². The summed E-state index contributed by atoms with van der Waals surface area (Å²) in [7, 11) is -2.63. The minimum Gasteiger partial charge on any atom is -0.496 e. The number of aldehydes is 1. The maximum absolute atomic E-state index is 15.3. The fourth-order valence-corrected chi connectivity index (χ4v) is 18.0. The molecule has 27 nitrogen and oxygen atoms in total. The summed E-state index contributed by atoms with van der Waals surface area (Å²) in [6, 6.07) is 81.1. The number of allylic oxidation sites excluding steroid dienone is 4. The number of hydrogen-bond acceptors (Lipinski definition) is 26. The smallest absolute Gasteiger partial charge is 0.344 e. The molecule has 4 unspecified atom stereocenters. The van der Waals surface area contributed by atoms with Crippen molar-refractivity contribution in [1.82, 2.24) is 14.7 Å². The predicted molar refractivity (Wildman–Crippen MR) is 501 cm³/mol. The molecule has 11 heterocycles. The third-order valence-corrected chi connectivity index (χ3v) is 25.0. The fourth-order valence-electron chi connectivity index (χ4n) is 16.8. The van der Waals surface area contributed by atoms with Crippen LogP contribution in [0.2, 0.25) is 5.02 Å². The predicted octanol–water partition coefficient (Wildman–Crippen LogP) is 19.6. The van der Waals surface area contributed by atoms with Crippen LogP contribution in [0.15, 0.2) is 365 Å². The standard InChI is InChI=1S/C31H20FN3O5S.C26H18FN3O4.C25H15ClN2O3.C24H13FN2O5/c1-18-15-21(17-34-29(18)32)19-11-13-20(14-12-19)26-24(16-33)30(35-41(37,38)22-7-3-2-4-8-22)40-28-23-9-5-6-10-25(23)39-31(36)27(26)28;1-13-9-15(12-30-24(13)27)17-10-14(7-8-19(17)32-2)21-18(11-28)25(29)34-23-16-5-3-4-6-20(16)33-26(31)22(21)23;26-17-11-9-15(10-12-17)14-5-7-16(8-6-14)21-19(13-27)24(28)31-23-18-3-1-2-4-20(18)30-25(29)22(21)23;25-17-9-12(18-8-6-13(11-28)30-18)5-7-14(17)20-16(10-26)23(27)32-22-15-3-1-2-4-19(15)31-24(29)21(20)22/h2-15,17,26,35H,1H3;3-10,12,21H,29H2,1-2H3;1-12,21H,28H2;1-9,11,20H,27H2. The third kappa shape index (κ3) is 16.8. The largest absolute Gasteiger partial charge is 0.496 e. The Labute approximate surface area is 784 Å². The van der Waals surface area contributed by atoms with Crippen LogP contribution in [0.5, 0.6) is 28.7 Å². The second-order valence-electron chi connectivity index (χ2n) is 31.5. The van der Waals surface area contributed by atoms with Crippen LogP contribution in [0.4, 0.5) is 13.2 Å². The number of benzene rings is 10. The summed E-state index contributed by atoms with van der Waals surface area (Å²) in [5, 5.41) is 42.4. The van der Waals surface area contributed by atoms with E-state index in [1.54, 1.807) is 190 Å². The zero-order valence-electron chi connectivity index (χ0n) is 72.1. The topological polar surface area (TPSA) is 442 Å². The number of carbonyl (C=O) groups is 1. The Morgan fingerprint density at radius 1 is 0.420 bits per heavy atom. The number of furan rings is 1. The van der Waals surface area contributed by atoms with Gasteiger partial charge in [-0.3, -0.25) is 4.79 Å². The monoisotopic (exact) mass is 1870 g/mol. The van der Waals surface area contributed by atoms with E-state index in [9.17, 15) is 62.2 Å². The van der Waals surface area contributed by atoms with E-state index in [4.69, 9.17) is 74.6 Å². The number of hydrogen-bond donors (Lipinski definition) is 4. The second-order valence-corrected chi connectivity index (χ2v) is 33.6. The zero-order chi connectivity index (χ0) is 96.6. The van der Waals surface area contributed by atoms with Crippen molar-refractivity contribution in [2.24, 2.45) is 17.2 Å². The molecule has 0 amide bonds. The molecule has 0 aliphatic carbocycles. The van der Waals surface area contributed by atoms with Crippen LogP contribution in [-0.4, -0.2) is 31.8 Å². The molecule has 138 heavy (non-hydrogen) atoms. The number of para-hydroxylation sites is 4. The molecule has 0 spiro atoms. The molecule has 676 valence electrons. The van der Waals surface area contributed by atoms with Gasteiger partial charge in [0.2, 0.25) is 35.4 Å². The number of rotatable bonds is 13. The summed E-state index contributed by atoms with van der Waals surface area (Å²) in [5.74, 6) is -4.39. The lowest BCUT2D eigenvalue weighted by Crippen LogP contribution is -2.33. The van der Waals surface area contributed by atoms with Crippen LogP contribution in [0.25, 0.3) is 88.6 Å². The average molecular weight is 1880 g/mol. The quantitative estimate of drug-likeness (QED) is 0.0473. The number of aryl methyl sites for hydroxylation is 2. The SMILES string of the molecule is COc1ccc(C2C(C#N)=C(N)Oc3c2c(=O)oc2ccccc32)cc1-c1cnc(F)c(C)c1.Cc1cc(-c2ccc(C3C(C#N)=C(NS(=O)(=O)c4ccccc4)Oc4c3c(=O)oc3ccccc43)cc2)cnc1F.N#CC1=C(N)Oc2c(c(=O)oc3ccccc23)C1c1ccc(-c2ccc(C=O)o2)cc1F.N#CC1=C(N)Oc2c(c(=O)oc3ccccc23)C1c1ccc(-c2ccc(Cl)cc2)cc1. The van der Waals surface area contributed by atoms with E-state index in [0.717, 1.165) is 22.3 Å². The first-order valence-electron chi connectivity index (χ1n) is 41.9. The number of nitrogens with one attached hydrogen (secondary N) is 1. The molecule has 10 aromatic carbocycles. The number of pyridine rings is 2. The van der Waals surface area contributed by atoms with Crippen molar-refractivity contribution in [3.8, 4) is 97.7 Å². The van der Waals surface area contributed by atoms with Gasteiger partial charge in [0.1, 0.15) is 86.2 Å². The number of nitrogens with zero attached hydrogens (tertiary/aromatic N) is 6. The van der Waals surface area contributed by atoms with Gasteiger partial charge in [-0.2, -0.15) is 29.8 Å². The van der Waals surface area contributed by atoms with Gasteiger partial charge in [-0.15, -0.1) is 0 Å². The van der Waals surface area contributed by atoms with Crippen molar-refractivity contribution >= 4 is 71.8 Å². The summed E-state index contributed by atoms with van der Waals surface area (Å²) >= 11 is 5.98. The molecule has 0 fully saturated rings. The van der Waals surface area contributed by atoms with Gasteiger partial charge in [-0.1, -0.05) is 157 Å². The highest BCUT2D eigenvalue weighted by Crippen LogP contribution is 2.51. The average Bonchev–Trinajstić information content (AvgIpc) is 0.889. The van der Waals surface area contributed by atoms with Gasteiger partial charge in [0, 0.05) is 56.4 Å². The number of nitrogens with two attached hydrogens (primary N) is 3. The number of carbonyl (C=O) groups excluding carboxylic acids is 1. The first-order valence-corrected chi connectivity index (χ1v) is 43.7. The Balaban J connectivity index is 0.000000123. The van der Waals surface area contributed by atoms with Crippen LogP contribution in [0.3, 0.4) is 0 Å². The summed E-state index contributed by atoms with van der Waals surface area (Å²) in [5.41, 5.74) is 25.0. The highest BCUT2D eigenvalue weighted by Gasteiger charge is 2.42. The van der Waals surface area contributed by atoms with Gasteiger partial charge >= 0.3 is 22.5 Å². The lowest BCUT2D eigenvalue weighted by molar-refractivity contribution is 0.110. The lowest BCUT2D eigenvalue weighted by atomic mass is 9.82. The molecule has 7 aromatic heterocycles. The molecule has 4 aliphatic heterocycles. The Hall–Kier alpha value is -18.6. The second kappa shape index (κ2) is 37.2. The van der Waals surface area contributed by atoms with Gasteiger partial charge in [0.25, 0.3) is 10.0 Å². The number of sulfonamides is 1. The molecule has 7 N–H and O–H groups in total.